The SMILES string of the molecule is CN1CCN(c2ccc(C(=O)Cc3n[nH]c4c3CN(S(=O)(=O)c3cc(F)cc(F)c3)CC4)c(NC(=O)CN)c2)CC1. The molecule has 0 aliphatic carbocycles. The third kappa shape index (κ3) is 6.15. The van der Waals surface area contributed by atoms with Gasteiger partial charge in [0.2, 0.25) is 15.9 Å². The molecule has 2 aliphatic rings. The van der Waals surface area contributed by atoms with Crippen molar-refractivity contribution in [3.8, 4) is 0 Å². The first-order valence-electron chi connectivity index (χ1n) is 13.2. The number of sulfonamides is 1. The predicted octanol–water partition coefficient (Wildman–Crippen LogP) is 1.51. The van der Waals surface area contributed by atoms with Crippen molar-refractivity contribution < 1.29 is 26.8 Å². The zero-order chi connectivity index (χ0) is 29.3. The number of anilines is 2. The minimum Gasteiger partial charge on any atom is -0.369 e. The van der Waals surface area contributed by atoms with E-state index in [0.717, 1.165) is 48.3 Å². The maximum absolute atomic E-state index is 13.8. The van der Waals surface area contributed by atoms with Crippen LogP contribution in [-0.2, 0) is 34.2 Å². The molecule has 11 nitrogen and oxygen atoms in total. The summed E-state index contributed by atoms with van der Waals surface area (Å²) in [5.41, 5.74) is 8.57. The Labute approximate surface area is 236 Å². The second kappa shape index (κ2) is 11.6. The molecule has 1 aromatic heterocycles. The number of hydrogen-bond donors (Lipinski definition) is 3. The van der Waals surface area contributed by atoms with Gasteiger partial charge >= 0.3 is 0 Å². The molecule has 2 aliphatic heterocycles. The summed E-state index contributed by atoms with van der Waals surface area (Å²) in [5, 5.41) is 9.89. The first kappa shape index (κ1) is 28.8. The van der Waals surface area contributed by atoms with Crippen LogP contribution >= 0.6 is 0 Å². The number of benzene rings is 2. The van der Waals surface area contributed by atoms with Gasteiger partial charge in [-0.25, -0.2) is 17.2 Å². The summed E-state index contributed by atoms with van der Waals surface area (Å²) < 4.78 is 55.0. The fraction of sp³-hybridized carbons (Fsp3) is 0.370. The number of likely N-dealkylation sites (N-methyl/N-ethyl adjacent to an activating group) is 1. The lowest BCUT2D eigenvalue weighted by Gasteiger charge is -2.34. The van der Waals surface area contributed by atoms with Gasteiger partial charge in [0, 0.05) is 74.3 Å². The molecule has 2 aromatic carbocycles. The lowest BCUT2D eigenvalue weighted by atomic mass is 9.99. The van der Waals surface area contributed by atoms with E-state index in [1.165, 1.54) is 0 Å². The molecule has 0 spiro atoms. The third-order valence-corrected chi connectivity index (χ3v) is 9.24. The van der Waals surface area contributed by atoms with Gasteiger partial charge in [-0.3, -0.25) is 14.7 Å². The number of nitrogens with two attached hydrogens (primary N) is 1. The van der Waals surface area contributed by atoms with Crippen molar-refractivity contribution in [3.05, 3.63) is 70.5 Å². The van der Waals surface area contributed by atoms with E-state index in [2.05, 4.69) is 32.4 Å². The Hall–Kier alpha value is -3.72. The number of aromatic nitrogens is 2. The quantitative estimate of drug-likeness (QED) is 0.337. The van der Waals surface area contributed by atoms with Crippen LogP contribution in [-0.4, -0.2) is 85.8 Å². The highest BCUT2D eigenvalue weighted by molar-refractivity contribution is 7.89. The number of amides is 1. The van der Waals surface area contributed by atoms with Crippen molar-refractivity contribution >= 4 is 33.1 Å². The number of ketones is 1. The van der Waals surface area contributed by atoms with Crippen LogP contribution < -0.4 is 16.0 Å². The summed E-state index contributed by atoms with van der Waals surface area (Å²) >= 11 is 0. The fourth-order valence-corrected chi connectivity index (χ4v) is 6.55. The number of halogens is 2. The van der Waals surface area contributed by atoms with Crippen LogP contribution in [0.1, 0.15) is 27.3 Å². The van der Waals surface area contributed by atoms with Gasteiger partial charge in [0.05, 0.1) is 29.2 Å². The molecular formula is C27H31F2N7O4S. The molecule has 0 atom stereocenters. The number of piperazine rings is 1. The monoisotopic (exact) mass is 587 g/mol. The summed E-state index contributed by atoms with van der Waals surface area (Å²) in [4.78, 5) is 29.6. The Bertz CT molecular complexity index is 1570. The molecule has 218 valence electrons. The number of nitrogens with one attached hydrogen (secondary N) is 2. The normalized spacial score (nSPS) is 16.4. The van der Waals surface area contributed by atoms with E-state index < -0.39 is 32.5 Å². The smallest absolute Gasteiger partial charge is 0.243 e. The molecule has 14 heteroatoms. The Morgan fingerprint density at radius 3 is 2.44 bits per heavy atom. The van der Waals surface area contributed by atoms with Gasteiger partial charge < -0.3 is 20.9 Å². The zero-order valence-corrected chi connectivity index (χ0v) is 23.3. The second-order valence-electron chi connectivity index (χ2n) is 10.2. The molecule has 3 aromatic rings. The molecule has 1 saturated heterocycles. The van der Waals surface area contributed by atoms with E-state index in [1.54, 1.807) is 12.1 Å². The number of carbonyl (C=O) groups is 2. The van der Waals surface area contributed by atoms with E-state index in [0.29, 0.717) is 28.7 Å². The zero-order valence-electron chi connectivity index (χ0n) is 22.5. The summed E-state index contributed by atoms with van der Waals surface area (Å²) in [7, 11) is -2.16. The minimum atomic E-state index is -4.21. The van der Waals surface area contributed by atoms with Crippen LogP contribution in [0.4, 0.5) is 20.2 Å². The summed E-state index contributed by atoms with van der Waals surface area (Å²) in [5.74, 6) is -2.76. The number of fused-ring (bicyclic) bond motifs is 1. The molecule has 0 radical (unpaired) electrons. The molecule has 0 saturated carbocycles. The van der Waals surface area contributed by atoms with E-state index in [-0.39, 0.29) is 43.8 Å². The molecule has 0 bridgehead atoms. The lowest BCUT2D eigenvalue weighted by molar-refractivity contribution is -0.114. The highest BCUT2D eigenvalue weighted by Gasteiger charge is 2.32. The van der Waals surface area contributed by atoms with Gasteiger partial charge in [0.25, 0.3) is 0 Å². The lowest BCUT2D eigenvalue weighted by Crippen LogP contribution is -2.44. The molecule has 4 N–H and O–H groups in total. The maximum Gasteiger partial charge on any atom is 0.243 e. The Morgan fingerprint density at radius 2 is 1.76 bits per heavy atom. The number of H-pyrrole nitrogens is 1. The average molecular weight is 588 g/mol. The summed E-state index contributed by atoms with van der Waals surface area (Å²) in [6.07, 6.45) is 0.124. The predicted molar refractivity (Wildman–Crippen MR) is 148 cm³/mol. The Kier molecular flexibility index (Phi) is 8.18. The van der Waals surface area contributed by atoms with Crippen molar-refractivity contribution in [1.29, 1.82) is 0 Å². The van der Waals surface area contributed by atoms with Crippen LogP contribution in [0.3, 0.4) is 0 Å². The van der Waals surface area contributed by atoms with Crippen molar-refractivity contribution in [2.24, 2.45) is 5.73 Å². The van der Waals surface area contributed by atoms with Crippen LogP contribution in [0.2, 0.25) is 0 Å². The van der Waals surface area contributed by atoms with Gasteiger partial charge in [-0.2, -0.15) is 9.40 Å². The van der Waals surface area contributed by atoms with Crippen molar-refractivity contribution in [3.63, 3.8) is 0 Å². The van der Waals surface area contributed by atoms with Crippen molar-refractivity contribution in [1.82, 2.24) is 19.4 Å². The van der Waals surface area contributed by atoms with Crippen LogP contribution in [0.25, 0.3) is 0 Å². The minimum absolute atomic E-state index is 0.0755. The van der Waals surface area contributed by atoms with Gasteiger partial charge in [0.1, 0.15) is 11.6 Å². The largest absolute Gasteiger partial charge is 0.369 e. The van der Waals surface area contributed by atoms with Crippen LogP contribution in [0.15, 0.2) is 41.3 Å². The molecule has 3 heterocycles. The van der Waals surface area contributed by atoms with Crippen molar-refractivity contribution in [2.45, 2.75) is 24.3 Å². The Balaban J connectivity index is 1.38. The van der Waals surface area contributed by atoms with Crippen LogP contribution in [0, 0.1) is 11.6 Å². The molecule has 1 fully saturated rings. The summed E-state index contributed by atoms with van der Waals surface area (Å²) in [6.45, 7) is 3.08. The molecule has 1 amide bonds. The number of hydrogen-bond acceptors (Lipinski definition) is 8. The van der Waals surface area contributed by atoms with E-state index in [1.807, 2.05) is 6.07 Å². The number of nitrogens with zero attached hydrogens (tertiary/aromatic N) is 4. The van der Waals surface area contributed by atoms with Crippen LogP contribution in [0.5, 0.6) is 0 Å². The maximum atomic E-state index is 13.8. The van der Waals surface area contributed by atoms with E-state index in [4.69, 9.17) is 5.73 Å². The second-order valence-corrected chi connectivity index (χ2v) is 12.1. The third-order valence-electron chi connectivity index (χ3n) is 7.42. The van der Waals surface area contributed by atoms with Crippen molar-refractivity contribution in [2.75, 3.05) is 56.5 Å². The highest BCUT2D eigenvalue weighted by Crippen LogP contribution is 2.29. The topological polar surface area (TPSA) is 145 Å². The number of rotatable bonds is 8. The van der Waals surface area contributed by atoms with Gasteiger partial charge in [0.15, 0.2) is 5.78 Å². The highest BCUT2D eigenvalue weighted by atomic mass is 32.2. The number of carbonyl (C=O) groups excluding carboxylic acids is 2. The summed E-state index contributed by atoms with van der Waals surface area (Å²) in [6, 6.07) is 7.42. The molecule has 0 unspecified atom stereocenters. The Morgan fingerprint density at radius 1 is 1.05 bits per heavy atom. The van der Waals surface area contributed by atoms with Gasteiger partial charge in [-0.1, -0.05) is 0 Å². The number of aromatic amines is 1. The molecular weight excluding hydrogens is 556 g/mol. The standard InChI is InChI=1S/C27H31F2N7O4S/c1-34-6-8-35(9-7-34)19-2-3-21(24(13-19)31-27(38)15-30)26(37)14-25-22-16-36(5-4-23(22)32-33-25)41(39,40)20-11-17(28)10-18(29)12-20/h2-3,10-13H,4-9,14-16,30H2,1H3,(H,31,38)(H,32,33). The molecule has 41 heavy (non-hydrogen) atoms. The average Bonchev–Trinajstić information content (AvgIpc) is 3.34. The number of Topliss-reactive ketones (excluding diaryl/α,β-unsaturated/α-hetero) is 1. The fourth-order valence-electron chi connectivity index (χ4n) is 5.10. The first-order valence-corrected chi connectivity index (χ1v) is 14.6. The first-order chi connectivity index (χ1) is 19.5. The van der Waals surface area contributed by atoms with E-state index >= 15 is 0 Å². The van der Waals surface area contributed by atoms with Gasteiger partial charge in [-0.15, -0.1) is 0 Å². The van der Waals surface area contributed by atoms with E-state index in [9.17, 15) is 26.8 Å². The molecule has 5 rings (SSSR count). The van der Waals surface area contributed by atoms with Gasteiger partial charge in [-0.05, 0) is 37.4 Å².